The van der Waals surface area contributed by atoms with Crippen LogP contribution in [0, 0.1) is 0 Å². The number of carbonyl (C=O) groups is 1. The first-order chi connectivity index (χ1) is 16.9. The Labute approximate surface area is 215 Å². The standard InChI is InChI=1S/C28H31ClN4O3/c1-26(2,3)36-25(35)32-14-13-31(16-28(32)11-12-28)17-9-10-18-21(15-17)33-20-8-6-7-19(29)22(20)23(34)30-24(33)27(18,4)5/h6-10,15H,11-14,16H2,1-5H3. The van der Waals surface area contributed by atoms with Gasteiger partial charge in [0.15, 0.2) is 0 Å². The summed E-state index contributed by atoms with van der Waals surface area (Å²) in [5.41, 5.74) is 2.63. The molecule has 1 amide bonds. The Kier molecular flexibility index (Phi) is 4.85. The van der Waals surface area contributed by atoms with Crippen molar-refractivity contribution < 1.29 is 9.53 Å². The van der Waals surface area contributed by atoms with Crippen molar-refractivity contribution in [1.29, 1.82) is 0 Å². The van der Waals surface area contributed by atoms with Gasteiger partial charge in [-0.2, -0.15) is 4.98 Å². The Bertz CT molecular complexity index is 1480. The Morgan fingerprint density at radius 3 is 2.56 bits per heavy atom. The smallest absolute Gasteiger partial charge is 0.410 e. The molecule has 1 aromatic heterocycles. The van der Waals surface area contributed by atoms with Crippen molar-refractivity contribution in [2.75, 3.05) is 24.5 Å². The summed E-state index contributed by atoms with van der Waals surface area (Å²) in [6, 6.07) is 12.0. The molecular weight excluding hydrogens is 476 g/mol. The van der Waals surface area contributed by atoms with Crippen molar-refractivity contribution in [2.45, 2.75) is 64.0 Å². The highest BCUT2D eigenvalue weighted by Gasteiger charge is 2.54. The molecule has 3 aliphatic rings. The zero-order valence-electron chi connectivity index (χ0n) is 21.4. The van der Waals surface area contributed by atoms with Crippen molar-refractivity contribution in [3.63, 3.8) is 0 Å². The van der Waals surface area contributed by atoms with Crippen LogP contribution in [0.4, 0.5) is 10.5 Å². The van der Waals surface area contributed by atoms with Crippen molar-refractivity contribution in [1.82, 2.24) is 14.5 Å². The quantitative estimate of drug-likeness (QED) is 0.450. The highest BCUT2D eigenvalue weighted by atomic mass is 35.5. The number of rotatable bonds is 1. The molecule has 0 unspecified atom stereocenters. The van der Waals surface area contributed by atoms with Crippen LogP contribution in [0.5, 0.6) is 0 Å². The van der Waals surface area contributed by atoms with Gasteiger partial charge in [0.1, 0.15) is 11.4 Å². The third-order valence-electron chi connectivity index (χ3n) is 7.78. The van der Waals surface area contributed by atoms with E-state index in [0.717, 1.165) is 54.2 Å². The second-order valence-corrected chi connectivity index (χ2v) is 12.2. The van der Waals surface area contributed by atoms with E-state index in [1.165, 1.54) is 0 Å². The number of anilines is 1. The first kappa shape index (κ1) is 23.3. The van der Waals surface area contributed by atoms with Crippen LogP contribution >= 0.6 is 11.6 Å². The predicted molar refractivity (Wildman–Crippen MR) is 142 cm³/mol. The third kappa shape index (κ3) is 3.43. The largest absolute Gasteiger partial charge is 0.444 e. The maximum atomic E-state index is 12.9. The van der Waals surface area contributed by atoms with Gasteiger partial charge in [-0.25, -0.2) is 4.79 Å². The zero-order valence-corrected chi connectivity index (χ0v) is 22.1. The minimum absolute atomic E-state index is 0.164. The van der Waals surface area contributed by atoms with E-state index in [0.29, 0.717) is 17.0 Å². The molecule has 3 heterocycles. The Morgan fingerprint density at radius 2 is 1.86 bits per heavy atom. The van der Waals surface area contributed by atoms with Crippen molar-refractivity contribution in [3.8, 4) is 5.69 Å². The normalized spacial score (nSPS) is 19.4. The highest BCUT2D eigenvalue weighted by Crippen LogP contribution is 2.48. The van der Waals surface area contributed by atoms with Crippen LogP contribution in [0.3, 0.4) is 0 Å². The number of carbonyl (C=O) groups excluding carboxylic acids is 1. The molecule has 8 heteroatoms. The molecule has 1 saturated heterocycles. The van der Waals surface area contributed by atoms with E-state index in [4.69, 9.17) is 16.3 Å². The molecule has 0 N–H and O–H groups in total. The van der Waals surface area contributed by atoms with E-state index in [-0.39, 0.29) is 17.2 Å². The van der Waals surface area contributed by atoms with E-state index in [1.807, 2.05) is 37.8 Å². The maximum absolute atomic E-state index is 12.9. The number of ether oxygens (including phenoxy) is 1. The lowest BCUT2D eigenvalue weighted by Crippen LogP contribution is -2.58. The van der Waals surface area contributed by atoms with Crippen LogP contribution < -0.4 is 10.5 Å². The molecule has 2 fully saturated rings. The van der Waals surface area contributed by atoms with Crippen molar-refractivity contribution in [3.05, 3.63) is 63.2 Å². The van der Waals surface area contributed by atoms with Crippen LogP contribution in [-0.4, -0.2) is 51.3 Å². The first-order valence-electron chi connectivity index (χ1n) is 12.5. The monoisotopic (exact) mass is 506 g/mol. The van der Waals surface area contributed by atoms with Gasteiger partial charge in [-0.1, -0.05) is 23.7 Å². The average molecular weight is 507 g/mol. The molecule has 1 spiro atoms. The third-order valence-corrected chi connectivity index (χ3v) is 8.09. The second kappa shape index (κ2) is 7.48. The highest BCUT2D eigenvalue weighted by molar-refractivity contribution is 6.35. The summed E-state index contributed by atoms with van der Waals surface area (Å²) >= 11 is 6.43. The van der Waals surface area contributed by atoms with E-state index in [1.54, 1.807) is 6.07 Å². The van der Waals surface area contributed by atoms with Gasteiger partial charge in [-0.05, 0) is 77.3 Å². The molecule has 36 heavy (non-hydrogen) atoms. The van der Waals surface area contributed by atoms with E-state index >= 15 is 0 Å². The Morgan fingerprint density at radius 1 is 1.11 bits per heavy atom. The number of fused-ring (bicyclic) bond motifs is 5. The molecule has 6 rings (SSSR count). The van der Waals surface area contributed by atoms with Gasteiger partial charge in [0.25, 0.3) is 5.56 Å². The summed E-state index contributed by atoms with van der Waals surface area (Å²) in [7, 11) is 0. The minimum atomic E-state index is -0.509. The number of hydrogen-bond acceptors (Lipinski definition) is 5. The lowest BCUT2D eigenvalue weighted by molar-refractivity contribution is 0.0106. The summed E-state index contributed by atoms with van der Waals surface area (Å²) in [5, 5.41) is 0.858. The van der Waals surface area contributed by atoms with Gasteiger partial charge in [0, 0.05) is 25.3 Å². The molecule has 2 aliphatic heterocycles. The summed E-state index contributed by atoms with van der Waals surface area (Å²) in [4.78, 5) is 34.6. The number of hydrogen-bond donors (Lipinski definition) is 0. The molecule has 0 radical (unpaired) electrons. The predicted octanol–water partition coefficient (Wildman–Crippen LogP) is 5.27. The number of halogens is 1. The fourth-order valence-electron chi connectivity index (χ4n) is 5.81. The molecule has 0 bridgehead atoms. The molecule has 7 nitrogen and oxygen atoms in total. The average Bonchev–Trinajstić information content (AvgIpc) is 3.51. The van der Waals surface area contributed by atoms with Crippen LogP contribution in [-0.2, 0) is 10.2 Å². The fraction of sp³-hybridized carbons (Fsp3) is 0.464. The molecule has 2 aromatic carbocycles. The van der Waals surface area contributed by atoms with Crippen LogP contribution in [0.15, 0.2) is 41.2 Å². The summed E-state index contributed by atoms with van der Waals surface area (Å²) < 4.78 is 7.79. The van der Waals surface area contributed by atoms with E-state index in [2.05, 4.69) is 46.5 Å². The first-order valence-corrected chi connectivity index (χ1v) is 12.9. The molecule has 1 saturated carbocycles. The lowest BCUT2D eigenvalue weighted by Gasteiger charge is -2.43. The van der Waals surface area contributed by atoms with Crippen LogP contribution in [0.1, 0.15) is 58.8 Å². The van der Waals surface area contributed by atoms with Gasteiger partial charge in [-0.15, -0.1) is 0 Å². The van der Waals surface area contributed by atoms with Crippen LogP contribution in [0.2, 0.25) is 5.02 Å². The van der Waals surface area contributed by atoms with Gasteiger partial charge in [0.2, 0.25) is 0 Å². The zero-order chi connectivity index (χ0) is 25.6. The SMILES string of the molecule is CC(C)(C)OC(=O)N1CCN(c2ccc3c(c2)-n2c(nc(=O)c4c(Cl)cccc42)C3(C)C)CC12CC2. The Hall–Kier alpha value is -3.06. The molecule has 0 atom stereocenters. The number of piperazine rings is 1. The number of amides is 1. The Balaban J connectivity index is 1.39. The van der Waals surface area contributed by atoms with E-state index < -0.39 is 11.0 Å². The van der Waals surface area contributed by atoms with E-state index in [9.17, 15) is 9.59 Å². The number of benzene rings is 2. The topological polar surface area (TPSA) is 67.7 Å². The summed E-state index contributed by atoms with van der Waals surface area (Å²) in [6.45, 7) is 12.1. The summed E-state index contributed by atoms with van der Waals surface area (Å²) in [6.07, 6.45) is 1.75. The molecule has 188 valence electrons. The molecule has 3 aromatic rings. The molecule has 1 aliphatic carbocycles. The lowest BCUT2D eigenvalue weighted by atomic mass is 9.85. The summed E-state index contributed by atoms with van der Waals surface area (Å²) in [5.74, 6) is 0.725. The maximum Gasteiger partial charge on any atom is 0.410 e. The number of nitrogens with zero attached hydrogens (tertiary/aromatic N) is 4. The van der Waals surface area contributed by atoms with Gasteiger partial charge < -0.3 is 9.64 Å². The minimum Gasteiger partial charge on any atom is -0.444 e. The van der Waals surface area contributed by atoms with Crippen LogP contribution in [0.25, 0.3) is 16.6 Å². The number of aromatic nitrogens is 2. The van der Waals surface area contributed by atoms with Crippen molar-refractivity contribution in [2.24, 2.45) is 0 Å². The van der Waals surface area contributed by atoms with Gasteiger partial charge >= 0.3 is 6.09 Å². The second-order valence-electron chi connectivity index (χ2n) is 11.8. The van der Waals surface area contributed by atoms with Crippen molar-refractivity contribution >= 4 is 34.3 Å². The fourth-order valence-corrected chi connectivity index (χ4v) is 6.06. The molecular formula is C28H31ClN4O3. The van der Waals surface area contributed by atoms with Gasteiger partial charge in [0.05, 0.1) is 32.6 Å². The van der Waals surface area contributed by atoms with Gasteiger partial charge in [-0.3, -0.25) is 14.3 Å².